The Balaban J connectivity index is 1.32. The van der Waals surface area contributed by atoms with Crippen molar-refractivity contribution in [1.82, 2.24) is 15.1 Å². The summed E-state index contributed by atoms with van der Waals surface area (Å²) in [6.07, 6.45) is 0. The summed E-state index contributed by atoms with van der Waals surface area (Å²) < 4.78 is 0. The van der Waals surface area contributed by atoms with Crippen LogP contribution >= 0.6 is 11.3 Å². The first-order valence-electron chi connectivity index (χ1n) is 9.82. The van der Waals surface area contributed by atoms with Gasteiger partial charge in [-0.05, 0) is 43.2 Å². The zero-order chi connectivity index (χ0) is 20.2. The van der Waals surface area contributed by atoms with Gasteiger partial charge in [0.25, 0.3) is 5.91 Å². The molecule has 1 N–H and O–H groups in total. The van der Waals surface area contributed by atoms with E-state index in [0.717, 1.165) is 43.4 Å². The highest BCUT2D eigenvalue weighted by molar-refractivity contribution is 7.13. The number of aromatic nitrogens is 2. The highest BCUT2D eigenvalue weighted by atomic mass is 32.1. The smallest absolute Gasteiger partial charge is 0.286 e. The number of rotatable bonds is 5. The number of nitrogens with one attached hydrogen (secondary N) is 1. The van der Waals surface area contributed by atoms with Gasteiger partial charge in [0.2, 0.25) is 5.01 Å². The van der Waals surface area contributed by atoms with Gasteiger partial charge < -0.3 is 10.2 Å². The van der Waals surface area contributed by atoms with Gasteiger partial charge in [-0.3, -0.25) is 9.69 Å². The maximum Gasteiger partial charge on any atom is 0.286 e. The van der Waals surface area contributed by atoms with Crippen molar-refractivity contribution < 1.29 is 4.79 Å². The molecule has 150 valence electrons. The largest absolute Gasteiger partial charge is 0.369 e. The highest BCUT2D eigenvalue weighted by Crippen LogP contribution is 2.24. The van der Waals surface area contributed by atoms with Crippen LogP contribution in [0, 0.1) is 13.8 Å². The molecule has 0 bridgehead atoms. The lowest BCUT2D eigenvalue weighted by Crippen LogP contribution is -2.46. The van der Waals surface area contributed by atoms with Crippen molar-refractivity contribution in [3.8, 4) is 0 Å². The lowest BCUT2D eigenvalue weighted by Gasteiger charge is -2.36. The molecule has 29 heavy (non-hydrogen) atoms. The summed E-state index contributed by atoms with van der Waals surface area (Å²) in [6.45, 7) is 9.01. The Hall–Kier alpha value is -2.77. The molecule has 0 spiro atoms. The Morgan fingerprint density at radius 1 is 1.00 bits per heavy atom. The maximum atomic E-state index is 12.4. The molecule has 1 saturated heterocycles. The summed E-state index contributed by atoms with van der Waals surface area (Å²) in [7, 11) is 0. The fraction of sp³-hybridized carbons (Fsp3) is 0.318. The molecule has 2 heterocycles. The first-order valence-corrected chi connectivity index (χ1v) is 10.6. The third kappa shape index (κ3) is 4.63. The van der Waals surface area contributed by atoms with Gasteiger partial charge in [-0.25, -0.2) is 0 Å². The summed E-state index contributed by atoms with van der Waals surface area (Å²) in [5, 5.41) is 12.4. The van der Waals surface area contributed by atoms with Gasteiger partial charge in [0.05, 0.1) is 6.54 Å². The van der Waals surface area contributed by atoms with Gasteiger partial charge in [-0.15, -0.1) is 10.2 Å². The molecule has 3 aromatic rings. The molecular weight excluding hydrogens is 382 g/mol. The SMILES string of the molecule is Cc1cccc(N2CCN(Cc3nnc(C(=O)Nc4ccccc4)s3)CC2)c1C. The molecule has 1 aliphatic heterocycles. The number of carbonyl (C=O) groups is 1. The van der Waals surface area contributed by atoms with E-state index >= 15 is 0 Å². The van der Waals surface area contributed by atoms with Crippen molar-refractivity contribution >= 4 is 28.6 Å². The van der Waals surface area contributed by atoms with Crippen molar-refractivity contribution in [2.45, 2.75) is 20.4 Å². The molecule has 1 aromatic heterocycles. The molecule has 0 radical (unpaired) electrons. The second-order valence-electron chi connectivity index (χ2n) is 7.30. The van der Waals surface area contributed by atoms with Crippen LogP contribution < -0.4 is 10.2 Å². The first-order chi connectivity index (χ1) is 14.1. The van der Waals surface area contributed by atoms with E-state index in [1.165, 1.54) is 28.2 Å². The van der Waals surface area contributed by atoms with E-state index in [-0.39, 0.29) is 5.91 Å². The van der Waals surface area contributed by atoms with E-state index in [4.69, 9.17) is 0 Å². The van der Waals surface area contributed by atoms with Crippen LogP contribution in [-0.2, 0) is 6.54 Å². The minimum absolute atomic E-state index is 0.209. The molecular formula is C22H25N5OS. The van der Waals surface area contributed by atoms with Crippen LogP contribution in [0.25, 0.3) is 0 Å². The number of benzene rings is 2. The van der Waals surface area contributed by atoms with E-state index in [1.54, 1.807) is 0 Å². The van der Waals surface area contributed by atoms with Crippen molar-refractivity contribution in [3.63, 3.8) is 0 Å². The topological polar surface area (TPSA) is 61.4 Å². The average molecular weight is 408 g/mol. The Labute approximate surface area is 175 Å². The summed E-state index contributed by atoms with van der Waals surface area (Å²) in [5.41, 5.74) is 4.79. The van der Waals surface area contributed by atoms with Crippen LogP contribution in [0.3, 0.4) is 0 Å². The Morgan fingerprint density at radius 3 is 2.52 bits per heavy atom. The van der Waals surface area contributed by atoms with Crippen LogP contribution in [0.1, 0.15) is 25.9 Å². The monoisotopic (exact) mass is 407 g/mol. The van der Waals surface area contributed by atoms with Crippen LogP contribution in [0.5, 0.6) is 0 Å². The number of amides is 1. The number of piperazine rings is 1. The lowest BCUT2D eigenvalue weighted by atomic mass is 10.1. The van der Waals surface area contributed by atoms with E-state index in [2.05, 4.69) is 57.4 Å². The summed E-state index contributed by atoms with van der Waals surface area (Å²) >= 11 is 1.37. The van der Waals surface area contributed by atoms with Crippen LogP contribution in [0.4, 0.5) is 11.4 Å². The molecule has 7 heteroatoms. The van der Waals surface area contributed by atoms with Crippen LogP contribution in [0.15, 0.2) is 48.5 Å². The van der Waals surface area contributed by atoms with Crippen molar-refractivity contribution in [2.24, 2.45) is 0 Å². The van der Waals surface area contributed by atoms with Gasteiger partial charge in [-0.2, -0.15) is 0 Å². The second-order valence-corrected chi connectivity index (χ2v) is 8.37. The van der Waals surface area contributed by atoms with Crippen molar-refractivity contribution in [1.29, 1.82) is 0 Å². The quantitative estimate of drug-likeness (QED) is 0.698. The summed E-state index contributed by atoms with van der Waals surface area (Å²) in [6, 6.07) is 15.9. The molecule has 0 saturated carbocycles. The van der Waals surface area contributed by atoms with Gasteiger partial charge in [0.1, 0.15) is 5.01 Å². The second kappa shape index (κ2) is 8.71. The molecule has 4 rings (SSSR count). The molecule has 0 aliphatic carbocycles. The number of nitrogens with zero attached hydrogens (tertiary/aromatic N) is 4. The van der Waals surface area contributed by atoms with E-state index in [1.807, 2.05) is 30.3 Å². The molecule has 1 aliphatic rings. The lowest BCUT2D eigenvalue weighted by molar-refractivity contribution is 0.102. The van der Waals surface area contributed by atoms with Crippen LogP contribution in [-0.4, -0.2) is 47.2 Å². The third-order valence-corrected chi connectivity index (χ3v) is 6.25. The maximum absolute atomic E-state index is 12.4. The predicted octanol–water partition coefficient (Wildman–Crippen LogP) is 3.73. The minimum atomic E-state index is -0.209. The standard InChI is InChI=1S/C22H25N5OS/c1-16-7-6-10-19(17(16)2)27-13-11-26(12-14-27)15-20-24-25-22(29-20)21(28)23-18-8-4-3-5-9-18/h3-10H,11-15H2,1-2H3,(H,23,28). The van der Waals surface area contributed by atoms with Gasteiger partial charge >= 0.3 is 0 Å². The number of anilines is 2. The summed E-state index contributed by atoms with van der Waals surface area (Å²) in [5.74, 6) is -0.209. The predicted molar refractivity (Wildman–Crippen MR) is 118 cm³/mol. The molecule has 0 atom stereocenters. The zero-order valence-electron chi connectivity index (χ0n) is 16.8. The number of aryl methyl sites for hydroxylation is 1. The van der Waals surface area contributed by atoms with E-state index in [9.17, 15) is 4.79 Å². The van der Waals surface area contributed by atoms with Gasteiger partial charge in [-0.1, -0.05) is 41.7 Å². The Morgan fingerprint density at radius 2 is 1.76 bits per heavy atom. The average Bonchev–Trinajstić information content (AvgIpc) is 3.20. The third-order valence-electron chi connectivity index (χ3n) is 5.34. The molecule has 1 fully saturated rings. The fourth-order valence-corrected chi connectivity index (χ4v) is 4.31. The van der Waals surface area contributed by atoms with Crippen molar-refractivity contribution in [3.05, 3.63) is 69.7 Å². The number of para-hydroxylation sites is 1. The van der Waals surface area contributed by atoms with Crippen molar-refractivity contribution in [2.75, 3.05) is 36.4 Å². The van der Waals surface area contributed by atoms with Crippen LogP contribution in [0.2, 0.25) is 0 Å². The first kappa shape index (κ1) is 19.5. The van der Waals surface area contributed by atoms with E-state index in [0.29, 0.717) is 5.01 Å². The number of hydrogen-bond acceptors (Lipinski definition) is 6. The Bertz CT molecular complexity index is 980. The normalized spacial score (nSPS) is 14.8. The highest BCUT2D eigenvalue weighted by Gasteiger charge is 2.21. The number of carbonyl (C=O) groups excluding carboxylic acids is 1. The van der Waals surface area contributed by atoms with Gasteiger partial charge in [0, 0.05) is 37.6 Å². The molecule has 6 nitrogen and oxygen atoms in total. The van der Waals surface area contributed by atoms with Gasteiger partial charge in [0.15, 0.2) is 0 Å². The fourth-order valence-electron chi connectivity index (χ4n) is 3.53. The minimum Gasteiger partial charge on any atom is -0.369 e. The zero-order valence-corrected chi connectivity index (χ0v) is 17.6. The summed E-state index contributed by atoms with van der Waals surface area (Å²) in [4.78, 5) is 17.2. The van der Waals surface area contributed by atoms with E-state index < -0.39 is 0 Å². The Kier molecular flexibility index (Phi) is 5.87. The molecule has 1 amide bonds. The molecule has 2 aromatic carbocycles. The molecule has 0 unspecified atom stereocenters. The number of hydrogen-bond donors (Lipinski definition) is 1.